The zero-order chi connectivity index (χ0) is 13.6. The van der Waals surface area contributed by atoms with Crippen LogP contribution in [0.3, 0.4) is 0 Å². The number of rotatable bonds is 7. The summed E-state index contributed by atoms with van der Waals surface area (Å²) in [4.78, 5) is 3.44. The summed E-state index contributed by atoms with van der Waals surface area (Å²) in [6, 6.07) is 0. The number of hydrogen-bond acceptors (Lipinski definition) is 4. The Morgan fingerprint density at radius 2 is 2.06 bits per heavy atom. The number of nitrogens with one attached hydrogen (secondary N) is 1. The number of hydrogen-bond donors (Lipinski definition) is 1. The molecule has 7 heteroatoms. The van der Waals surface area contributed by atoms with E-state index in [0.717, 1.165) is 37.2 Å². The van der Waals surface area contributed by atoms with Crippen molar-refractivity contribution >= 4 is 16.7 Å². The van der Waals surface area contributed by atoms with Crippen molar-refractivity contribution in [1.82, 2.24) is 9.36 Å². The van der Waals surface area contributed by atoms with Crippen molar-refractivity contribution in [2.45, 2.75) is 45.7 Å². The number of unbranched alkanes of at least 4 members (excludes halogenated alkanes) is 1. The smallest absolute Gasteiger partial charge is 0.360 e. The highest BCUT2D eigenvalue weighted by molar-refractivity contribution is 7.09. The van der Waals surface area contributed by atoms with Gasteiger partial charge in [0.1, 0.15) is 0 Å². The van der Waals surface area contributed by atoms with E-state index in [1.165, 1.54) is 0 Å². The second kappa shape index (κ2) is 6.92. The predicted octanol–water partition coefficient (Wildman–Crippen LogP) is 4.19. The van der Waals surface area contributed by atoms with E-state index in [1.807, 2.05) is 0 Å². The Hall–Kier alpha value is -0.850. The number of anilines is 1. The Balaban J connectivity index is 2.45. The van der Waals surface area contributed by atoms with Crippen LogP contribution in [-0.2, 0) is 6.18 Å². The third-order valence-corrected chi connectivity index (χ3v) is 3.44. The summed E-state index contributed by atoms with van der Waals surface area (Å²) in [5, 5.41) is 3.19. The predicted molar refractivity (Wildman–Crippen MR) is 66.7 cm³/mol. The van der Waals surface area contributed by atoms with E-state index >= 15 is 0 Å². The maximum Gasteiger partial charge on any atom is 0.452 e. The zero-order valence-electron chi connectivity index (χ0n) is 10.5. The maximum atomic E-state index is 12.3. The molecule has 1 atom stereocenters. The summed E-state index contributed by atoms with van der Waals surface area (Å²) in [7, 11) is 0. The van der Waals surface area contributed by atoms with E-state index in [4.69, 9.17) is 0 Å². The van der Waals surface area contributed by atoms with Crippen molar-refractivity contribution < 1.29 is 13.2 Å². The molecule has 0 aliphatic rings. The lowest BCUT2D eigenvalue weighted by Crippen LogP contribution is -2.14. The van der Waals surface area contributed by atoms with Crippen molar-refractivity contribution in [2.24, 2.45) is 5.92 Å². The fourth-order valence-electron chi connectivity index (χ4n) is 1.59. The van der Waals surface area contributed by atoms with Crippen LogP contribution in [0.15, 0.2) is 0 Å². The molecule has 1 heterocycles. The molecule has 0 saturated carbocycles. The van der Waals surface area contributed by atoms with Crippen molar-refractivity contribution in [3.8, 4) is 0 Å². The highest BCUT2D eigenvalue weighted by Gasteiger charge is 2.36. The van der Waals surface area contributed by atoms with Gasteiger partial charge in [-0.25, -0.2) is 0 Å². The first-order valence-corrected chi connectivity index (χ1v) is 6.89. The molecule has 1 rings (SSSR count). The van der Waals surface area contributed by atoms with Crippen LogP contribution in [0.25, 0.3) is 0 Å². The first-order valence-electron chi connectivity index (χ1n) is 6.12. The zero-order valence-corrected chi connectivity index (χ0v) is 11.4. The molecule has 0 aliphatic heterocycles. The van der Waals surface area contributed by atoms with Crippen molar-refractivity contribution in [1.29, 1.82) is 0 Å². The van der Waals surface area contributed by atoms with Crippen LogP contribution in [0.2, 0.25) is 0 Å². The summed E-state index contributed by atoms with van der Waals surface area (Å²) in [6.45, 7) is 4.87. The van der Waals surface area contributed by atoms with Gasteiger partial charge in [-0.15, -0.1) is 0 Å². The van der Waals surface area contributed by atoms with Crippen LogP contribution >= 0.6 is 11.5 Å². The number of halogens is 3. The molecule has 0 fully saturated rings. The van der Waals surface area contributed by atoms with Crippen molar-refractivity contribution in [2.75, 3.05) is 11.9 Å². The molecule has 1 aromatic heterocycles. The summed E-state index contributed by atoms with van der Waals surface area (Å²) in [5.41, 5.74) is 0. The standard InChI is InChI=1S/C11H18F3N3S/c1-3-5-6-8(4-2)7-15-10-16-9(17-18-10)11(12,13)14/h8H,3-7H2,1-2H3,(H,15,16,17). The lowest BCUT2D eigenvalue weighted by atomic mass is 10.00. The topological polar surface area (TPSA) is 37.8 Å². The minimum atomic E-state index is -4.46. The molecular formula is C11H18F3N3S. The average molecular weight is 281 g/mol. The van der Waals surface area contributed by atoms with Gasteiger partial charge in [0.15, 0.2) is 0 Å². The van der Waals surface area contributed by atoms with E-state index < -0.39 is 12.0 Å². The Kier molecular flexibility index (Phi) is 5.84. The van der Waals surface area contributed by atoms with Crippen LogP contribution in [0, 0.1) is 5.92 Å². The molecule has 0 spiro atoms. The average Bonchev–Trinajstić information content (AvgIpc) is 2.78. The molecule has 1 N–H and O–H groups in total. The fraction of sp³-hybridized carbons (Fsp3) is 0.818. The maximum absolute atomic E-state index is 12.3. The van der Waals surface area contributed by atoms with Gasteiger partial charge in [0.2, 0.25) is 11.0 Å². The van der Waals surface area contributed by atoms with Gasteiger partial charge in [-0.05, 0) is 12.3 Å². The van der Waals surface area contributed by atoms with Gasteiger partial charge in [0.25, 0.3) is 0 Å². The largest absolute Gasteiger partial charge is 0.452 e. The molecule has 0 bridgehead atoms. The van der Waals surface area contributed by atoms with E-state index in [1.54, 1.807) is 0 Å². The Labute approximate surface area is 109 Å². The molecule has 104 valence electrons. The summed E-state index contributed by atoms with van der Waals surface area (Å²) < 4.78 is 40.2. The van der Waals surface area contributed by atoms with Crippen LogP contribution < -0.4 is 5.32 Å². The van der Waals surface area contributed by atoms with E-state index in [-0.39, 0.29) is 5.13 Å². The number of alkyl halides is 3. The molecule has 1 unspecified atom stereocenters. The van der Waals surface area contributed by atoms with Gasteiger partial charge < -0.3 is 5.32 Å². The Bertz CT molecular complexity index is 352. The Morgan fingerprint density at radius 3 is 2.56 bits per heavy atom. The van der Waals surface area contributed by atoms with E-state index in [0.29, 0.717) is 12.5 Å². The molecule has 0 aliphatic carbocycles. The molecular weight excluding hydrogens is 263 g/mol. The van der Waals surface area contributed by atoms with E-state index in [9.17, 15) is 13.2 Å². The molecule has 18 heavy (non-hydrogen) atoms. The summed E-state index contributed by atoms with van der Waals surface area (Å²) in [5.74, 6) is -0.584. The second-order valence-corrected chi connectivity index (χ2v) is 4.97. The first kappa shape index (κ1) is 15.2. The second-order valence-electron chi connectivity index (χ2n) is 4.22. The normalized spacial score (nSPS) is 13.6. The Morgan fingerprint density at radius 1 is 1.33 bits per heavy atom. The molecule has 3 nitrogen and oxygen atoms in total. The first-order chi connectivity index (χ1) is 8.47. The van der Waals surface area contributed by atoms with Crippen LogP contribution in [-0.4, -0.2) is 15.9 Å². The van der Waals surface area contributed by atoms with Gasteiger partial charge in [0.05, 0.1) is 0 Å². The third kappa shape index (κ3) is 4.80. The van der Waals surface area contributed by atoms with Gasteiger partial charge in [-0.2, -0.15) is 22.5 Å². The number of aromatic nitrogens is 2. The van der Waals surface area contributed by atoms with Gasteiger partial charge in [-0.1, -0.05) is 33.1 Å². The van der Waals surface area contributed by atoms with Crippen molar-refractivity contribution in [3.05, 3.63) is 5.82 Å². The molecule has 0 saturated heterocycles. The summed E-state index contributed by atoms with van der Waals surface area (Å²) in [6.07, 6.45) is -0.0801. The lowest BCUT2D eigenvalue weighted by molar-refractivity contribution is -0.144. The van der Waals surface area contributed by atoms with Gasteiger partial charge >= 0.3 is 6.18 Å². The van der Waals surface area contributed by atoms with Gasteiger partial charge in [0, 0.05) is 18.1 Å². The highest BCUT2D eigenvalue weighted by atomic mass is 32.1. The fourth-order valence-corrected chi connectivity index (χ4v) is 2.18. The quantitative estimate of drug-likeness (QED) is 0.814. The van der Waals surface area contributed by atoms with Crippen LogP contribution in [0.5, 0.6) is 0 Å². The number of nitrogens with zero attached hydrogens (tertiary/aromatic N) is 2. The molecule has 0 radical (unpaired) electrons. The van der Waals surface area contributed by atoms with E-state index in [2.05, 4.69) is 28.5 Å². The molecule has 0 aromatic carbocycles. The summed E-state index contributed by atoms with van der Waals surface area (Å²) >= 11 is 0.761. The minimum Gasteiger partial charge on any atom is -0.360 e. The molecule has 1 aromatic rings. The lowest BCUT2D eigenvalue weighted by Gasteiger charge is -2.14. The minimum absolute atomic E-state index is 0.247. The SMILES string of the molecule is CCCCC(CC)CNc1nc(C(F)(F)F)ns1. The highest BCUT2D eigenvalue weighted by Crippen LogP contribution is 2.29. The van der Waals surface area contributed by atoms with Crippen LogP contribution in [0.4, 0.5) is 18.3 Å². The molecule has 0 amide bonds. The third-order valence-electron chi connectivity index (χ3n) is 2.76. The van der Waals surface area contributed by atoms with Crippen LogP contribution in [0.1, 0.15) is 45.4 Å². The van der Waals surface area contributed by atoms with Crippen molar-refractivity contribution in [3.63, 3.8) is 0 Å². The monoisotopic (exact) mass is 281 g/mol. The van der Waals surface area contributed by atoms with Gasteiger partial charge in [-0.3, -0.25) is 0 Å².